The summed E-state index contributed by atoms with van der Waals surface area (Å²) in [5, 5.41) is 0. The molecule has 0 saturated heterocycles. The first-order chi connectivity index (χ1) is 9.24. The Kier molecular flexibility index (Phi) is 3.89. The second-order valence-electron chi connectivity index (χ2n) is 4.00. The lowest BCUT2D eigenvalue weighted by molar-refractivity contribution is -0.137. The fourth-order valence-electron chi connectivity index (χ4n) is 1.57. The van der Waals surface area contributed by atoms with Gasteiger partial charge in [-0.15, -0.1) is 0 Å². The van der Waals surface area contributed by atoms with Gasteiger partial charge in [0, 0.05) is 22.3 Å². The predicted molar refractivity (Wildman–Crippen MR) is 70.0 cm³/mol. The van der Waals surface area contributed by atoms with Crippen molar-refractivity contribution in [2.45, 2.75) is 6.18 Å². The topological polar surface area (TPSA) is 35.2 Å². The number of ether oxygens (including phenoxy) is 1. The van der Waals surface area contributed by atoms with E-state index >= 15 is 0 Å². The molecule has 0 heterocycles. The second-order valence-corrected chi connectivity index (χ2v) is 4.91. The number of rotatable bonds is 2. The van der Waals surface area contributed by atoms with Gasteiger partial charge in [0.25, 0.3) is 0 Å². The Labute approximate surface area is 120 Å². The third kappa shape index (κ3) is 3.63. The lowest BCUT2D eigenvalue weighted by Gasteiger charge is -2.11. The molecule has 0 aromatic heterocycles. The summed E-state index contributed by atoms with van der Waals surface area (Å²) in [6.45, 7) is 0. The van der Waals surface area contributed by atoms with E-state index in [0.717, 1.165) is 18.2 Å². The van der Waals surface area contributed by atoms with Crippen molar-refractivity contribution < 1.29 is 22.3 Å². The second kappa shape index (κ2) is 5.32. The molecule has 2 aromatic carbocycles. The SMILES string of the molecule is Nc1cc(Oc2cc(F)cc(Br)c2)cc(C(F)(F)F)c1. The van der Waals surface area contributed by atoms with Crippen LogP contribution in [0.25, 0.3) is 0 Å². The van der Waals surface area contributed by atoms with Gasteiger partial charge in [0.05, 0.1) is 5.56 Å². The molecule has 0 amide bonds. The normalized spacial score (nSPS) is 11.4. The van der Waals surface area contributed by atoms with E-state index in [-0.39, 0.29) is 17.2 Å². The summed E-state index contributed by atoms with van der Waals surface area (Å²) in [7, 11) is 0. The number of nitrogens with two attached hydrogens (primary N) is 1. The standard InChI is InChI=1S/C13H8BrF4NO/c14-8-3-9(15)5-12(4-8)20-11-2-7(13(16,17)18)1-10(19)6-11/h1-6H,19H2. The van der Waals surface area contributed by atoms with Gasteiger partial charge in [0.1, 0.15) is 17.3 Å². The summed E-state index contributed by atoms with van der Waals surface area (Å²) in [6, 6.07) is 6.52. The highest BCUT2D eigenvalue weighted by atomic mass is 79.9. The zero-order valence-corrected chi connectivity index (χ0v) is 11.4. The van der Waals surface area contributed by atoms with E-state index in [1.165, 1.54) is 18.2 Å². The zero-order valence-electron chi connectivity index (χ0n) is 9.84. The molecule has 0 aliphatic heterocycles. The van der Waals surface area contributed by atoms with E-state index in [1.54, 1.807) is 0 Å². The number of nitrogen functional groups attached to an aromatic ring is 1. The molecule has 2 nitrogen and oxygen atoms in total. The number of halogens is 5. The lowest BCUT2D eigenvalue weighted by Crippen LogP contribution is -2.06. The monoisotopic (exact) mass is 349 g/mol. The molecule has 7 heteroatoms. The van der Waals surface area contributed by atoms with Crippen molar-refractivity contribution in [1.82, 2.24) is 0 Å². The molecule has 0 aliphatic carbocycles. The molecule has 0 aliphatic rings. The van der Waals surface area contributed by atoms with E-state index in [2.05, 4.69) is 15.9 Å². The maximum atomic E-state index is 13.2. The van der Waals surface area contributed by atoms with Gasteiger partial charge in [-0.2, -0.15) is 13.2 Å². The van der Waals surface area contributed by atoms with Crippen LogP contribution in [-0.2, 0) is 6.18 Å². The Morgan fingerprint density at radius 3 is 2.20 bits per heavy atom. The number of alkyl halides is 3. The molecular formula is C13H8BrF4NO. The van der Waals surface area contributed by atoms with E-state index in [1.807, 2.05) is 0 Å². The Balaban J connectivity index is 2.36. The lowest BCUT2D eigenvalue weighted by atomic mass is 10.2. The summed E-state index contributed by atoms with van der Waals surface area (Å²) >= 11 is 3.06. The van der Waals surface area contributed by atoms with Gasteiger partial charge in [0.2, 0.25) is 0 Å². The highest BCUT2D eigenvalue weighted by Crippen LogP contribution is 2.35. The van der Waals surface area contributed by atoms with Crippen LogP contribution in [0.5, 0.6) is 11.5 Å². The molecule has 2 rings (SSSR count). The first kappa shape index (κ1) is 14.6. The number of benzene rings is 2. The number of hydrogen-bond acceptors (Lipinski definition) is 2. The van der Waals surface area contributed by atoms with Crippen LogP contribution >= 0.6 is 15.9 Å². The average Bonchev–Trinajstić information content (AvgIpc) is 2.25. The quantitative estimate of drug-likeness (QED) is 0.612. The van der Waals surface area contributed by atoms with E-state index in [4.69, 9.17) is 10.5 Å². The largest absolute Gasteiger partial charge is 0.457 e. The number of anilines is 1. The van der Waals surface area contributed by atoms with Crippen LogP contribution in [0.3, 0.4) is 0 Å². The van der Waals surface area contributed by atoms with Gasteiger partial charge in [-0.1, -0.05) is 15.9 Å². The van der Waals surface area contributed by atoms with Gasteiger partial charge in [-0.3, -0.25) is 0 Å². The number of hydrogen-bond donors (Lipinski definition) is 1. The van der Waals surface area contributed by atoms with Gasteiger partial charge in [0.15, 0.2) is 0 Å². The molecule has 0 radical (unpaired) electrons. The van der Waals surface area contributed by atoms with Crippen molar-refractivity contribution >= 4 is 21.6 Å². The maximum absolute atomic E-state index is 13.2. The van der Waals surface area contributed by atoms with E-state index in [0.29, 0.717) is 4.47 Å². The zero-order chi connectivity index (χ0) is 14.9. The molecular weight excluding hydrogens is 342 g/mol. The fraction of sp³-hybridized carbons (Fsp3) is 0.0769. The van der Waals surface area contributed by atoms with Gasteiger partial charge in [-0.25, -0.2) is 4.39 Å². The van der Waals surface area contributed by atoms with Crippen LogP contribution in [-0.4, -0.2) is 0 Å². The van der Waals surface area contributed by atoms with Crippen molar-refractivity contribution in [2.75, 3.05) is 5.73 Å². The summed E-state index contributed by atoms with van der Waals surface area (Å²) in [4.78, 5) is 0. The van der Waals surface area contributed by atoms with Crippen LogP contribution in [0, 0.1) is 5.82 Å². The van der Waals surface area contributed by atoms with E-state index < -0.39 is 17.6 Å². The molecule has 0 atom stereocenters. The Morgan fingerprint density at radius 1 is 0.950 bits per heavy atom. The maximum Gasteiger partial charge on any atom is 0.416 e. The Bertz CT molecular complexity index is 623. The molecule has 0 unspecified atom stereocenters. The minimum absolute atomic E-state index is 0.0654. The third-order valence-corrected chi connectivity index (χ3v) is 2.79. The van der Waals surface area contributed by atoms with Crippen LogP contribution in [0.1, 0.15) is 5.56 Å². The molecule has 2 N–H and O–H groups in total. The van der Waals surface area contributed by atoms with Crippen LogP contribution < -0.4 is 10.5 Å². The van der Waals surface area contributed by atoms with Crippen molar-refractivity contribution in [3.05, 3.63) is 52.3 Å². The van der Waals surface area contributed by atoms with Gasteiger partial charge in [-0.05, 0) is 24.3 Å². The van der Waals surface area contributed by atoms with Crippen molar-refractivity contribution in [2.24, 2.45) is 0 Å². The van der Waals surface area contributed by atoms with Crippen LogP contribution in [0.15, 0.2) is 40.9 Å². The molecule has 0 spiro atoms. The average molecular weight is 350 g/mol. The first-order valence-electron chi connectivity index (χ1n) is 5.36. The molecule has 0 bridgehead atoms. The highest BCUT2D eigenvalue weighted by molar-refractivity contribution is 9.10. The van der Waals surface area contributed by atoms with Crippen molar-refractivity contribution in [3.8, 4) is 11.5 Å². The minimum Gasteiger partial charge on any atom is -0.457 e. The first-order valence-corrected chi connectivity index (χ1v) is 6.15. The van der Waals surface area contributed by atoms with Gasteiger partial charge < -0.3 is 10.5 Å². The summed E-state index contributed by atoms with van der Waals surface area (Å²) < 4.78 is 56.7. The van der Waals surface area contributed by atoms with Crippen LogP contribution in [0.2, 0.25) is 0 Å². The minimum atomic E-state index is -4.53. The molecule has 0 saturated carbocycles. The summed E-state index contributed by atoms with van der Waals surface area (Å²) in [5.74, 6) is -0.625. The molecule has 0 fully saturated rings. The van der Waals surface area contributed by atoms with Gasteiger partial charge >= 0.3 is 6.18 Å². The summed E-state index contributed by atoms with van der Waals surface area (Å²) in [6.07, 6.45) is -4.53. The fourth-order valence-corrected chi connectivity index (χ4v) is 2.01. The molecule has 2 aromatic rings. The predicted octanol–water partition coefficient (Wildman–Crippen LogP) is 4.98. The Morgan fingerprint density at radius 2 is 1.60 bits per heavy atom. The molecule has 106 valence electrons. The summed E-state index contributed by atoms with van der Waals surface area (Å²) in [5.41, 5.74) is 4.39. The van der Waals surface area contributed by atoms with Crippen LogP contribution in [0.4, 0.5) is 23.2 Å². The van der Waals surface area contributed by atoms with E-state index in [9.17, 15) is 17.6 Å². The Hall–Kier alpha value is -1.76. The molecule has 20 heavy (non-hydrogen) atoms. The van der Waals surface area contributed by atoms with Crippen molar-refractivity contribution in [1.29, 1.82) is 0 Å². The third-order valence-electron chi connectivity index (χ3n) is 2.33. The smallest absolute Gasteiger partial charge is 0.416 e. The van der Waals surface area contributed by atoms with Crippen molar-refractivity contribution in [3.63, 3.8) is 0 Å². The highest BCUT2D eigenvalue weighted by Gasteiger charge is 2.31.